The maximum absolute atomic E-state index is 5.48. The maximum atomic E-state index is 5.48. The second-order valence-corrected chi connectivity index (χ2v) is 5.36. The Balaban J connectivity index is 1.89. The Morgan fingerprint density at radius 3 is 2.89 bits per heavy atom. The highest BCUT2D eigenvalue weighted by Crippen LogP contribution is 2.26. The summed E-state index contributed by atoms with van der Waals surface area (Å²) in [5.41, 5.74) is 5.48. The van der Waals surface area contributed by atoms with Crippen LogP contribution in [0.2, 0.25) is 0 Å². The normalized spacial score (nSPS) is 15.7. The Morgan fingerprint density at radius 1 is 1.37 bits per heavy atom. The van der Waals surface area contributed by atoms with Crippen LogP contribution in [0, 0.1) is 5.92 Å². The third-order valence-corrected chi connectivity index (χ3v) is 3.74. The fraction of sp³-hybridized carbons (Fsp3) is 0.714. The van der Waals surface area contributed by atoms with E-state index in [1.54, 1.807) is 6.33 Å². The van der Waals surface area contributed by atoms with Gasteiger partial charge >= 0.3 is 0 Å². The van der Waals surface area contributed by atoms with Gasteiger partial charge in [-0.05, 0) is 31.7 Å². The van der Waals surface area contributed by atoms with Crippen molar-refractivity contribution in [3.63, 3.8) is 0 Å². The molecule has 0 aromatic carbocycles. The largest absolute Gasteiger partial charge is 0.370 e. The lowest BCUT2D eigenvalue weighted by molar-refractivity contribution is 0.545. The predicted molar refractivity (Wildman–Crippen MR) is 79.4 cm³/mol. The smallest absolute Gasteiger partial charge is 0.133 e. The molecule has 1 fully saturated rings. The van der Waals surface area contributed by atoms with E-state index in [4.69, 9.17) is 5.73 Å². The number of nitrogens with zero attached hydrogens (tertiary/aromatic N) is 3. The Morgan fingerprint density at radius 2 is 2.16 bits per heavy atom. The van der Waals surface area contributed by atoms with E-state index in [0.717, 1.165) is 37.1 Å². The first-order valence-corrected chi connectivity index (χ1v) is 7.26. The molecule has 0 radical (unpaired) electrons. The standard InChI is InChI=1S/C14H25N5/c1-19(10-12-5-2-3-6-12)14-9-13(17-11-18-14)16-8-4-7-15/h9,11-12H,2-8,10,15H2,1H3,(H,16,17,18). The Labute approximate surface area is 115 Å². The predicted octanol–water partition coefficient (Wildman–Crippen LogP) is 1.86. The zero-order valence-corrected chi connectivity index (χ0v) is 11.8. The van der Waals surface area contributed by atoms with Crippen LogP contribution in [0.1, 0.15) is 32.1 Å². The molecule has 1 saturated carbocycles. The number of nitrogens with two attached hydrogens (primary N) is 1. The molecule has 0 aliphatic heterocycles. The second-order valence-electron chi connectivity index (χ2n) is 5.36. The molecule has 19 heavy (non-hydrogen) atoms. The van der Waals surface area contributed by atoms with Crippen LogP contribution < -0.4 is 16.0 Å². The molecule has 0 bridgehead atoms. The summed E-state index contributed by atoms with van der Waals surface area (Å²) in [5, 5.41) is 3.28. The molecule has 1 aromatic rings. The van der Waals surface area contributed by atoms with Gasteiger partial charge in [-0.15, -0.1) is 0 Å². The number of anilines is 2. The molecule has 2 rings (SSSR count). The highest BCUT2D eigenvalue weighted by atomic mass is 15.2. The van der Waals surface area contributed by atoms with E-state index in [0.29, 0.717) is 6.54 Å². The number of aromatic nitrogens is 2. The lowest BCUT2D eigenvalue weighted by atomic mass is 10.1. The summed E-state index contributed by atoms with van der Waals surface area (Å²) in [6.07, 6.45) is 8.07. The molecule has 5 heteroatoms. The van der Waals surface area contributed by atoms with Gasteiger partial charge in [0.2, 0.25) is 0 Å². The summed E-state index contributed by atoms with van der Waals surface area (Å²) in [4.78, 5) is 10.8. The van der Waals surface area contributed by atoms with Crippen molar-refractivity contribution in [3.8, 4) is 0 Å². The molecule has 0 spiro atoms. The molecule has 3 N–H and O–H groups in total. The average Bonchev–Trinajstić information content (AvgIpc) is 2.92. The highest BCUT2D eigenvalue weighted by Gasteiger charge is 2.17. The van der Waals surface area contributed by atoms with Gasteiger partial charge in [0.15, 0.2) is 0 Å². The summed E-state index contributed by atoms with van der Waals surface area (Å²) in [6, 6.07) is 2.02. The van der Waals surface area contributed by atoms with Crippen molar-refractivity contribution in [1.29, 1.82) is 0 Å². The lowest BCUT2D eigenvalue weighted by Gasteiger charge is -2.22. The van der Waals surface area contributed by atoms with E-state index in [1.807, 2.05) is 6.07 Å². The van der Waals surface area contributed by atoms with Gasteiger partial charge in [0.25, 0.3) is 0 Å². The SMILES string of the molecule is CN(CC1CCCC1)c1cc(NCCCN)ncn1. The van der Waals surface area contributed by atoms with Crippen molar-refractivity contribution in [3.05, 3.63) is 12.4 Å². The van der Waals surface area contributed by atoms with Crippen molar-refractivity contribution in [2.24, 2.45) is 11.7 Å². The average molecular weight is 263 g/mol. The fourth-order valence-electron chi connectivity index (χ4n) is 2.64. The first-order chi connectivity index (χ1) is 9.29. The minimum Gasteiger partial charge on any atom is -0.370 e. The Kier molecular flexibility index (Phi) is 5.39. The molecule has 0 unspecified atom stereocenters. The second kappa shape index (κ2) is 7.28. The lowest BCUT2D eigenvalue weighted by Crippen LogP contribution is -2.25. The van der Waals surface area contributed by atoms with E-state index < -0.39 is 0 Å². The Hall–Kier alpha value is -1.36. The van der Waals surface area contributed by atoms with Gasteiger partial charge in [-0.3, -0.25) is 0 Å². The van der Waals surface area contributed by atoms with Crippen LogP contribution in [0.25, 0.3) is 0 Å². The van der Waals surface area contributed by atoms with Gasteiger partial charge in [-0.25, -0.2) is 9.97 Å². The first-order valence-electron chi connectivity index (χ1n) is 7.26. The quantitative estimate of drug-likeness (QED) is 0.735. The molecule has 1 heterocycles. The van der Waals surface area contributed by atoms with Crippen molar-refractivity contribution in [2.75, 3.05) is 36.9 Å². The highest BCUT2D eigenvalue weighted by molar-refractivity contribution is 5.47. The topological polar surface area (TPSA) is 67.1 Å². The minimum absolute atomic E-state index is 0.701. The molecule has 1 aromatic heterocycles. The monoisotopic (exact) mass is 263 g/mol. The van der Waals surface area contributed by atoms with Crippen molar-refractivity contribution < 1.29 is 0 Å². The van der Waals surface area contributed by atoms with E-state index in [-0.39, 0.29) is 0 Å². The van der Waals surface area contributed by atoms with E-state index in [2.05, 4.69) is 27.2 Å². The molecular formula is C14H25N5. The van der Waals surface area contributed by atoms with Crippen LogP contribution in [0.15, 0.2) is 12.4 Å². The zero-order chi connectivity index (χ0) is 13.5. The van der Waals surface area contributed by atoms with Gasteiger partial charge in [0.05, 0.1) is 0 Å². The molecule has 1 aliphatic carbocycles. The van der Waals surface area contributed by atoms with Crippen LogP contribution in [0.5, 0.6) is 0 Å². The summed E-state index contributed by atoms with van der Waals surface area (Å²) in [5.74, 6) is 2.71. The van der Waals surface area contributed by atoms with Gasteiger partial charge < -0.3 is 16.0 Å². The summed E-state index contributed by atoms with van der Waals surface area (Å²) >= 11 is 0. The maximum Gasteiger partial charge on any atom is 0.133 e. The fourth-order valence-corrected chi connectivity index (χ4v) is 2.64. The molecule has 106 valence electrons. The van der Waals surface area contributed by atoms with E-state index in [9.17, 15) is 0 Å². The number of hydrogen-bond acceptors (Lipinski definition) is 5. The molecule has 0 amide bonds. The minimum atomic E-state index is 0.701. The van der Waals surface area contributed by atoms with Crippen molar-refractivity contribution in [2.45, 2.75) is 32.1 Å². The van der Waals surface area contributed by atoms with Crippen molar-refractivity contribution in [1.82, 2.24) is 9.97 Å². The summed E-state index contributed by atoms with van der Waals surface area (Å²) in [6.45, 7) is 2.66. The molecule has 0 atom stereocenters. The van der Waals surface area contributed by atoms with Crippen LogP contribution in [-0.2, 0) is 0 Å². The summed E-state index contributed by atoms with van der Waals surface area (Å²) in [7, 11) is 2.12. The van der Waals surface area contributed by atoms with E-state index in [1.165, 1.54) is 25.7 Å². The van der Waals surface area contributed by atoms with Crippen LogP contribution in [-0.4, -0.2) is 36.6 Å². The van der Waals surface area contributed by atoms with E-state index >= 15 is 0 Å². The van der Waals surface area contributed by atoms with Gasteiger partial charge in [0.1, 0.15) is 18.0 Å². The third-order valence-electron chi connectivity index (χ3n) is 3.74. The number of hydrogen-bond donors (Lipinski definition) is 2. The van der Waals surface area contributed by atoms with Gasteiger partial charge in [-0.2, -0.15) is 0 Å². The van der Waals surface area contributed by atoms with Gasteiger partial charge in [0, 0.05) is 26.2 Å². The Bertz CT molecular complexity index is 376. The first kappa shape index (κ1) is 14.1. The van der Waals surface area contributed by atoms with Crippen molar-refractivity contribution >= 4 is 11.6 Å². The number of rotatable bonds is 7. The molecular weight excluding hydrogens is 238 g/mol. The summed E-state index contributed by atoms with van der Waals surface area (Å²) < 4.78 is 0. The molecule has 0 saturated heterocycles. The number of nitrogens with one attached hydrogen (secondary N) is 1. The van der Waals surface area contributed by atoms with Crippen LogP contribution in [0.3, 0.4) is 0 Å². The van der Waals surface area contributed by atoms with Crippen LogP contribution >= 0.6 is 0 Å². The third kappa shape index (κ3) is 4.35. The van der Waals surface area contributed by atoms with Crippen LogP contribution in [0.4, 0.5) is 11.6 Å². The van der Waals surface area contributed by atoms with Gasteiger partial charge in [-0.1, -0.05) is 12.8 Å². The molecule has 1 aliphatic rings. The zero-order valence-electron chi connectivity index (χ0n) is 11.8. The molecule has 5 nitrogen and oxygen atoms in total.